The van der Waals surface area contributed by atoms with Gasteiger partial charge in [-0.2, -0.15) is 5.10 Å². The van der Waals surface area contributed by atoms with E-state index in [1.54, 1.807) is 19.2 Å². The van der Waals surface area contributed by atoms with Crippen molar-refractivity contribution >= 4 is 11.6 Å². The molecule has 0 saturated heterocycles. The van der Waals surface area contributed by atoms with E-state index in [0.717, 1.165) is 11.1 Å². The van der Waals surface area contributed by atoms with Crippen molar-refractivity contribution in [2.75, 3.05) is 13.7 Å². The van der Waals surface area contributed by atoms with E-state index >= 15 is 0 Å². The molecular formula is C24H24N2O4. The lowest BCUT2D eigenvalue weighted by molar-refractivity contribution is -0.123. The lowest BCUT2D eigenvalue weighted by Crippen LogP contribution is -2.25. The van der Waals surface area contributed by atoms with Gasteiger partial charge in [0.1, 0.15) is 12.4 Å². The third kappa shape index (κ3) is 5.85. The number of amides is 1. The van der Waals surface area contributed by atoms with Gasteiger partial charge in [0, 0.05) is 5.56 Å². The Morgan fingerprint density at radius 3 is 2.20 bits per heavy atom. The molecule has 0 heterocycles. The molecule has 154 valence electrons. The monoisotopic (exact) mass is 404 g/mol. The summed E-state index contributed by atoms with van der Waals surface area (Å²) < 4.78 is 16.7. The highest BCUT2D eigenvalue weighted by Gasteiger charge is 2.09. The van der Waals surface area contributed by atoms with Crippen molar-refractivity contribution in [3.05, 3.63) is 90.0 Å². The van der Waals surface area contributed by atoms with Crippen LogP contribution in [0.25, 0.3) is 0 Å². The maximum Gasteiger partial charge on any atom is 0.277 e. The number of hydrogen-bond acceptors (Lipinski definition) is 5. The molecule has 0 bridgehead atoms. The van der Waals surface area contributed by atoms with E-state index in [1.165, 1.54) is 0 Å². The zero-order chi connectivity index (χ0) is 21.2. The van der Waals surface area contributed by atoms with E-state index in [4.69, 9.17) is 14.2 Å². The number of rotatable bonds is 9. The lowest BCUT2D eigenvalue weighted by atomic mass is 10.1. The minimum absolute atomic E-state index is 0.177. The molecule has 3 aromatic rings. The molecule has 3 aromatic carbocycles. The Morgan fingerprint density at radius 2 is 1.47 bits per heavy atom. The molecule has 1 amide bonds. The van der Waals surface area contributed by atoms with Gasteiger partial charge in [0.2, 0.25) is 0 Å². The van der Waals surface area contributed by atoms with Gasteiger partial charge in [0.25, 0.3) is 5.91 Å². The second kappa shape index (κ2) is 10.7. The highest BCUT2D eigenvalue weighted by molar-refractivity contribution is 6.01. The highest BCUT2D eigenvalue weighted by Crippen LogP contribution is 2.25. The molecule has 1 N–H and O–H groups in total. The normalized spacial score (nSPS) is 10.9. The third-order valence-corrected chi connectivity index (χ3v) is 4.29. The standard InChI is InChI=1S/C24H24N2O4/c1-18(25-26-24(27)17-30-23-15-9-8-14-22(23)28-2)20-12-6-7-13-21(20)29-16-19-10-4-3-5-11-19/h3-15H,16-17H2,1-2H3,(H,26,27)/b25-18-. The summed E-state index contributed by atoms with van der Waals surface area (Å²) in [5, 5.41) is 4.19. The van der Waals surface area contributed by atoms with Gasteiger partial charge in [-0.25, -0.2) is 5.43 Å². The Morgan fingerprint density at radius 1 is 0.833 bits per heavy atom. The van der Waals surface area contributed by atoms with E-state index in [9.17, 15) is 4.79 Å². The molecule has 0 fully saturated rings. The SMILES string of the molecule is COc1ccccc1OCC(=O)N/N=C(/C)c1ccccc1OCc1ccccc1. The minimum atomic E-state index is -0.372. The van der Waals surface area contributed by atoms with Gasteiger partial charge >= 0.3 is 0 Å². The van der Waals surface area contributed by atoms with Gasteiger partial charge in [0.15, 0.2) is 18.1 Å². The van der Waals surface area contributed by atoms with Crippen LogP contribution in [0.5, 0.6) is 17.2 Å². The molecule has 0 atom stereocenters. The van der Waals surface area contributed by atoms with Gasteiger partial charge in [0.05, 0.1) is 12.8 Å². The minimum Gasteiger partial charge on any atom is -0.493 e. The van der Waals surface area contributed by atoms with Crippen LogP contribution in [0.3, 0.4) is 0 Å². The maximum atomic E-state index is 12.1. The Balaban J connectivity index is 1.59. The summed E-state index contributed by atoms with van der Waals surface area (Å²) in [5.74, 6) is 1.38. The molecule has 0 aromatic heterocycles. The van der Waals surface area contributed by atoms with E-state index in [-0.39, 0.29) is 12.5 Å². The number of carbonyl (C=O) groups is 1. The highest BCUT2D eigenvalue weighted by atomic mass is 16.5. The van der Waals surface area contributed by atoms with Crippen LogP contribution in [0.1, 0.15) is 18.1 Å². The average Bonchev–Trinajstić information content (AvgIpc) is 2.80. The van der Waals surface area contributed by atoms with Crippen LogP contribution < -0.4 is 19.6 Å². The van der Waals surface area contributed by atoms with Crippen molar-refractivity contribution in [3.63, 3.8) is 0 Å². The van der Waals surface area contributed by atoms with Crippen molar-refractivity contribution in [3.8, 4) is 17.2 Å². The molecule has 0 radical (unpaired) electrons. The fourth-order valence-electron chi connectivity index (χ4n) is 2.75. The number of nitrogens with zero attached hydrogens (tertiary/aromatic N) is 1. The van der Waals surface area contributed by atoms with Crippen molar-refractivity contribution in [2.45, 2.75) is 13.5 Å². The molecule has 0 saturated carbocycles. The van der Waals surface area contributed by atoms with Gasteiger partial charge in [-0.1, -0.05) is 54.6 Å². The summed E-state index contributed by atoms with van der Waals surface area (Å²) in [5.41, 5.74) is 5.02. The van der Waals surface area contributed by atoms with Crippen molar-refractivity contribution in [2.24, 2.45) is 5.10 Å². The molecule has 3 rings (SSSR count). The Hall–Kier alpha value is -3.80. The molecule has 0 spiro atoms. The van der Waals surface area contributed by atoms with Crippen molar-refractivity contribution in [1.29, 1.82) is 0 Å². The average molecular weight is 404 g/mol. The summed E-state index contributed by atoms with van der Waals surface area (Å²) in [6.07, 6.45) is 0. The van der Waals surface area contributed by atoms with Gasteiger partial charge in [-0.05, 0) is 36.8 Å². The van der Waals surface area contributed by atoms with Gasteiger partial charge in [-0.15, -0.1) is 0 Å². The molecule has 0 aliphatic heterocycles. The van der Waals surface area contributed by atoms with Gasteiger partial charge < -0.3 is 14.2 Å². The van der Waals surface area contributed by atoms with Crippen LogP contribution in [0.4, 0.5) is 0 Å². The molecule has 0 aliphatic carbocycles. The first-order valence-corrected chi connectivity index (χ1v) is 9.52. The summed E-state index contributed by atoms with van der Waals surface area (Å²) >= 11 is 0. The van der Waals surface area contributed by atoms with Gasteiger partial charge in [-0.3, -0.25) is 4.79 Å². The maximum absolute atomic E-state index is 12.1. The van der Waals surface area contributed by atoms with Crippen molar-refractivity contribution < 1.29 is 19.0 Å². The summed E-state index contributed by atoms with van der Waals surface area (Å²) in [6.45, 7) is 2.08. The van der Waals surface area contributed by atoms with E-state index in [2.05, 4.69) is 10.5 Å². The Kier molecular flexibility index (Phi) is 7.44. The van der Waals surface area contributed by atoms with Crippen LogP contribution >= 0.6 is 0 Å². The van der Waals surface area contributed by atoms with Crippen LogP contribution in [0, 0.1) is 0 Å². The second-order valence-electron chi connectivity index (χ2n) is 6.44. The van der Waals surface area contributed by atoms with E-state index in [0.29, 0.717) is 29.6 Å². The quantitative estimate of drug-likeness (QED) is 0.429. The number of hydrogen-bond donors (Lipinski definition) is 1. The van der Waals surface area contributed by atoms with E-state index in [1.807, 2.05) is 73.7 Å². The Bertz CT molecular complexity index is 1000. The largest absolute Gasteiger partial charge is 0.493 e. The number of carbonyl (C=O) groups excluding carboxylic acids is 1. The molecular weight excluding hydrogens is 380 g/mol. The summed E-state index contributed by atoms with van der Waals surface area (Å²) in [4.78, 5) is 12.1. The Labute approximate surface area is 176 Å². The molecule has 0 aliphatic rings. The fourth-order valence-corrected chi connectivity index (χ4v) is 2.75. The smallest absolute Gasteiger partial charge is 0.277 e. The van der Waals surface area contributed by atoms with E-state index < -0.39 is 0 Å². The fraction of sp³-hybridized carbons (Fsp3) is 0.167. The summed E-state index contributed by atoms with van der Waals surface area (Å²) in [7, 11) is 1.55. The zero-order valence-corrected chi connectivity index (χ0v) is 17.0. The first kappa shape index (κ1) is 20.9. The number of hydrazone groups is 1. The third-order valence-electron chi connectivity index (χ3n) is 4.29. The van der Waals surface area contributed by atoms with Crippen LogP contribution in [0.2, 0.25) is 0 Å². The first-order valence-electron chi connectivity index (χ1n) is 9.52. The lowest BCUT2D eigenvalue weighted by Gasteiger charge is -2.12. The van der Waals surface area contributed by atoms with Crippen LogP contribution in [0.15, 0.2) is 84.0 Å². The summed E-state index contributed by atoms with van der Waals surface area (Å²) in [6, 6.07) is 24.6. The number of nitrogens with one attached hydrogen (secondary N) is 1. The molecule has 6 heteroatoms. The second-order valence-corrected chi connectivity index (χ2v) is 6.44. The predicted molar refractivity (Wildman–Crippen MR) is 116 cm³/mol. The topological polar surface area (TPSA) is 69.2 Å². The number of methoxy groups -OCH3 is 1. The molecule has 0 unspecified atom stereocenters. The first-order chi connectivity index (χ1) is 14.7. The molecule has 6 nitrogen and oxygen atoms in total. The van der Waals surface area contributed by atoms with Crippen molar-refractivity contribution in [1.82, 2.24) is 5.43 Å². The number of benzene rings is 3. The number of para-hydroxylation sites is 3. The van der Waals surface area contributed by atoms with Crippen LogP contribution in [-0.2, 0) is 11.4 Å². The zero-order valence-electron chi connectivity index (χ0n) is 17.0. The predicted octanol–water partition coefficient (Wildman–Crippen LogP) is 4.19. The number of ether oxygens (including phenoxy) is 3. The van der Waals surface area contributed by atoms with Crippen LogP contribution in [-0.4, -0.2) is 25.3 Å². The molecule has 30 heavy (non-hydrogen) atoms.